The fourth-order valence-corrected chi connectivity index (χ4v) is 3.59. The summed E-state index contributed by atoms with van der Waals surface area (Å²) in [6.07, 6.45) is 3.58. The van der Waals surface area contributed by atoms with Crippen LogP contribution in [0.3, 0.4) is 0 Å². The second-order valence-electron chi connectivity index (χ2n) is 4.96. The van der Waals surface area contributed by atoms with E-state index in [4.69, 9.17) is 5.73 Å². The maximum absolute atomic E-state index is 12.4. The Balaban J connectivity index is 2.18. The number of aromatic nitrogens is 1. The molecule has 0 aromatic carbocycles. The molecular weight excluding hydrogens is 264 g/mol. The number of rotatable bonds is 4. The zero-order valence-corrected chi connectivity index (χ0v) is 12.1. The van der Waals surface area contributed by atoms with Crippen LogP contribution in [0.5, 0.6) is 0 Å². The van der Waals surface area contributed by atoms with E-state index in [0.717, 1.165) is 19.4 Å². The van der Waals surface area contributed by atoms with Crippen molar-refractivity contribution < 1.29 is 8.42 Å². The topological polar surface area (TPSA) is 79.5 Å². The molecule has 2 rings (SSSR count). The van der Waals surface area contributed by atoms with Crippen molar-refractivity contribution in [2.75, 3.05) is 32.9 Å². The van der Waals surface area contributed by atoms with Crippen LogP contribution in [0.4, 0.5) is 5.69 Å². The van der Waals surface area contributed by atoms with Crippen LogP contribution in [-0.2, 0) is 10.0 Å². The van der Waals surface area contributed by atoms with Gasteiger partial charge in [-0.1, -0.05) is 0 Å². The molecule has 0 spiro atoms. The second kappa shape index (κ2) is 5.44. The molecule has 1 unspecified atom stereocenters. The molecule has 106 valence electrons. The lowest BCUT2D eigenvalue weighted by Gasteiger charge is -2.25. The smallest absolute Gasteiger partial charge is 0.262 e. The Morgan fingerprint density at radius 3 is 2.89 bits per heavy atom. The van der Waals surface area contributed by atoms with Gasteiger partial charge in [-0.05, 0) is 38.6 Å². The summed E-state index contributed by atoms with van der Waals surface area (Å²) in [4.78, 5) is 6.08. The maximum Gasteiger partial charge on any atom is 0.262 e. The number of likely N-dealkylation sites (N-methyl/N-ethyl adjacent to an activating group) is 2. The Kier molecular flexibility index (Phi) is 4.07. The van der Waals surface area contributed by atoms with Gasteiger partial charge in [0, 0.05) is 25.8 Å². The predicted molar refractivity (Wildman–Crippen MR) is 74.1 cm³/mol. The van der Waals surface area contributed by atoms with E-state index in [-0.39, 0.29) is 16.8 Å². The minimum absolute atomic E-state index is 0.0573. The van der Waals surface area contributed by atoms with E-state index in [2.05, 4.69) is 9.88 Å². The van der Waals surface area contributed by atoms with Crippen molar-refractivity contribution in [2.24, 2.45) is 0 Å². The Hall–Kier alpha value is -1.18. The van der Waals surface area contributed by atoms with Gasteiger partial charge < -0.3 is 10.6 Å². The lowest BCUT2D eigenvalue weighted by molar-refractivity contribution is 0.271. The summed E-state index contributed by atoms with van der Waals surface area (Å²) in [5.74, 6) is 0. The van der Waals surface area contributed by atoms with Gasteiger partial charge in [-0.25, -0.2) is 13.4 Å². The first-order valence-corrected chi connectivity index (χ1v) is 7.74. The molecule has 0 aliphatic carbocycles. The zero-order chi connectivity index (χ0) is 14.0. The molecule has 1 saturated heterocycles. The van der Waals surface area contributed by atoms with Crippen LogP contribution < -0.4 is 5.73 Å². The van der Waals surface area contributed by atoms with E-state index >= 15 is 0 Å². The highest BCUT2D eigenvalue weighted by Crippen LogP contribution is 2.21. The zero-order valence-electron chi connectivity index (χ0n) is 11.3. The molecule has 2 heterocycles. The first kappa shape index (κ1) is 14.2. The highest BCUT2D eigenvalue weighted by atomic mass is 32.2. The SMILES string of the molecule is CN1CCCC1CN(C)S(=O)(=O)c1ncccc1N. The highest BCUT2D eigenvalue weighted by molar-refractivity contribution is 7.89. The first-order chi connectivity index (χ1) is 8.93. The molecule has 19 heavy (non-hydrogen) atoms. The molecule has 1 fully saturated rings. The summed E-state index contributed by atoms with van der Waals surface area (Å²) in [7, 11) is -0.00993. The summed E-state index contributed by atoms with van der Waals surface area (Å²) < 4.78 is 26.2. The Labute approximate surface area is 114 Å². The largest absolute Gasteiger partial charge is 0.396 e. The van der Waals surface area contributed by atoms with Gasteiger partial charge in [0.2, 0.25) is 0 Å². The Morgan fingerprint density at radius 1 is 1.58 bits per heavy atom. The van der Waals surface area contributed by atoms with Crippen LogP contribution in [-0.4, -0.2) is 55.8 Å². The van der Waals surface area contributed by atoms with Crippen molar-refractivity contribution >= 4 is 15.7 Å². The van der Waals surface area contributed by atoms with Gasteiger partial charge in [0.25, 0.3) is 10.0 Å². The number of anilines is 1. The monoisotopic (exact) mass is 284 g/mol. The molecule has 1 aromatic heterocycles. The standard InChI is InChI=1S/C12H20N4O2S/c1-15-8-4-5-10(15)9-16(2)19(17,18)12-11(13)6-3-7-14-12/h3,6-7,10H,4-5,8-9,13H2,1-2H3. The third kappa shape index (κ3) is 2.88. The van der Waals surface area contributed by atoms with Crippen molar-refractivity contribution in [1.82, 2.24) is 14.2 Å². The number of hydrogen-bond donors (Lipinski definition) is 1. The molecule has 7 heteroatoms. The first-order valence-electron chi connectivity index (χ1n) is 6.30. The number of pyridine rings is 1. The van der Waals surface area contributed by atoms with Crippen molar-refractivity contribution in [2.45, 2.75) is 23.9 Å². The molecule has 0 bridgehead atoms. The Morgan fingerprint density at radius 2 is 2.32 bits per heavy atom. The molecule has 1 atom stereocenters. The van der Waals surface area contributed by atoms with Crippen molar-refractivity contribution in [1.29, 1.82) is 0 Å². The van der Waals surface area contributed by atoms with Crippen LogP contribution in [0.1, 0.15) is 12.8 Å². The number of sulfonamides is 1. The summed E-state index contributed by atoms with van der Waals surface area (Å²) in [6.45, 7) is 1.49. The third-order valence-electron chi connectivity index (χ3n) is 3.59. The van der Waals surface area contributed by atoms with E-state index < -0.39 is 10.0 Å². The lowest BCUT2D eigenvalue weighted by Crippen LogP contribution is -2.39. The fourth-order valence-electron chi connectivity index (χ4n) is 2.37. The minimum atomic E-state index is -3.61. The quantitative estimate of drug-likeness (QED) is 0.864. The van der Waals surface area contributed by atoms with Gasteiger partial charge in [0.05, 0.1) is 5.69 Å². The molecule has 6 nitrogen and oxygen atoms in total. The molecule has 1 aliphatic heterocycles. The predicted octanol–water partition coefficient (Wildman–Crippen LogP) is 0.379. The summed E-state index contributed by atoms with van der Waals surface area (Å²) in [6, 6.07) is 3.44. The minimum Gasteiger partial charge on any atom is -0.396 e. The number of nitrogens with two attached hydrogens (primary N) is 1. The van der Waals surface area contributed by atoms with E-state index in [9.17, 15) is 8.42 Å². The third-order valence-corrected chi connectivity index (χ3v) is 5.39. The van der Waals surface area contributed by atoms with E-state index in [1.807, 2.05) is 7.05 Å². The van der Waals surface area contributed by atoms with Crippen LogP contribution in [0.2, 0.25) is 0 Å². The molecule has 1 aliphatic rings. The number of likely N-dealkylation sites (tertiary alicyclic amines) is 1. The van der Waals surface area contributed by atoms with Crippen LogP contribution in [0, 0.1) is 0 Å². The number of nitrogen functional groups attached to an aromatic ring is 1. The van der Waals surface area contributed by atoms with Crippen molar-refractivity contribution in [3.63, 3.8) is 0 Å². The van der Waals surface area contributed by atoms with Gasteiger partial charge in [0.15, 0.2) is 5.03 Å². The van der Waals surface area contributed by atoms with Gasteiger partial charge in [-0.3, -0.25) is 0 Å². The maximum atomic E-state index is 12.4. The fraction of sp³-hybridized carbons (Fsp3) is 0.583. The average Bonchev–Trinajstić information content (AvgIpc) is 2.75. The second-order valence-corrected chi connectivity index (χ2v) is 6.92. The van der Waals surface area contributed by atoms with E-state index in [0.29, 0.717) is 6.54 Å². The van der Waals surface area contributed by atoms with Gasteiger partial charge >= 0.3 is 0 Å². The lowest BCUT2D eigenvalue weighted by atomic mass is 10.2. The molecule has 0 saturated carbocycles. The summed E-state index contributed by atoms with van der Waals surface area (Å²) in [5, 5.41) is -0.0573. The van der Waals surface area contributed by atoms with Crippen molar-refractivity contribution in [3.8, 4) is 0 Å². The molecular formula is C12H20N4O2S. The number of nitrogens with zero attached hydrogens (tertiary/aromatic N) is 3. The molecule has 0 radical (unpaired) electrons. The van der Waals surface area contributed by atoms with Gasteiger partial charge in [0.1, 0.15) is 0 Å². The van der Waals surface area contributed by atoms with Crippen LogP contribution in [0.15, 0.2) is 23.4 Å². The van der Waals surface area contributed by atoms with E-state index in [1.165, 1.54) is 10.5 Å². The molecule has 0 amide bonds. The summed E-state index contributed by atoms with van der Waals surface area (Å²) >= 11 is 0. The normalized spacial score (nSPS) is 21.1. The van der Waals surface area contributed by atoms with Gasteiger partial charge in [-0.15, -0.1) is 0 Å². The molecule has 1 aromatic rings. The van der Waals surface area contributed by atoms with E-state index in [1.54, 1.807) is 19.2 Å². The Bertz CT molecular complexity index is 546. The highest BCUT2D eigenvalue weighted by Gasteiger charge is 2.29. The van der Waals surface area contributed by atoms with Gasteiger partial charge in [-0.2, -0.15) is 4.31 Å². The van der Waals surface area contributed by atoms with Crippen LogP contribution in [0.25, 0.3) is 0 Å². The summed E-state index contributed by atoms with van der Waals surface area (Å²) in [5.41, 5.74) is 5.89. The average molecular weight is 284 g/mol. The molecule has 2 N–H and O–H groups in total. The van der Waals surface area contributed by atoms with Crippen molar-refractivity contribution in [3.05, 3.63) is 18.3 Å². The number of hydrogen-bond acceptors (Lipinski definition) is 5. The van der Waals surface area contributed by atoms with Crippen LogP contribution >= 0.6 is 0 Å².